The van der Waals surface area contributed by atoms with Gasteiger partial charge < -0.3 is 10.1 Å². The number of halogens is 1. The van der Waals surface area contributed by atoms with Gasteiger partial charge in [-0.2, -0.15) is 0 Å². The van der Waals surface area contributed by atoms with Gasteiger partial charge in [0.15, 0.2) is 6.10 Å². The fraction of sp³-hybridized carbons (Fsp3) is 0.500. The van der Waals surface area contributed by atoms with Crippen LogP contribution in [0, 0.1) is 9.49 Å². The van der Waals surface area contributed by atoms with Gasteiger partial charge in [-0.05, 0) is 54.0 Å². The van der Waals surface area contributed by atoms with Crippen molar-refractivity contribution in [2.75, 3.05) is 6.54 Å². The van der Waals surface area contributed by atoms with Gasteiger partial charge in [-0.25, -0.2) is 0 Å². The van der Waals surface area contributed by atoms with Crippen molar-refractivity contribution in [2.24, 2.45) is 5.92 Å². The first-order chi connectivity index (χ1) is 8.50. The molecule has 1 aromatic rings. The van der Waals surface area contributed by atoms with Crippen LogP contribution in [0.5, 0.6) is 5.75 Å². The summed E-state index contributed by atoms with van der Waals surface area (Å²) in [5.41, 5.74) is 0. The van der Waals surface area contributed by atoms with Gasteiger partial charge in [-0.1, -0.05) is 26.0 Å². The quantitative estimate of drug-likeness (QED) is 0.791. The number of ether oxygens (including phenoxy) is 1. The van der Waals surface area contributed by atoms with Crippen LogP contribution in [-0.2, 0) is 4.79 Å². The molecule has 1 rings (SSSR count). The molecule has 1 N–H and O–H groups in total. The maximum atomic E-state index is 11.8. The van der Waals surface area contributed by atoms with Gasteiger partial charge >= 0.3 is 0 Å². The summed E-state index contributed by atoms with van der Waals surface area (Å²) < 4.78 is 6.66. The SMILES string of the molecule is CC(C)CCNC(=O)C(C)Oc1ccccc1I. The zero-order valence-electron chi connectivity index (χ0n) is 11.1. The smallest absolute Gasteiger partial charge is 0.260 e. The first-order valence-corrected chi connectivity index (χ1v) is 7.27. The lowest BCUT2D eigenvalue weighted by Crippen LogP contribution is -2.37. The molecule has 0 bridgehead atoms. The average Bonchev–Trinajstić information content (AvgIpc) is 2.31. The van der Waals surface area contributed by atoms with E-state index in [9.17, 15) is 4.79 Å². The van der Waals surface area contributed by atoms with Crippen molar-refractivity contribution >= 4 is 28.5 Å². The third kappa shape index (κ3) is 5.25. The van der Waals surface area contributed by atoms with Crippen LogP contribution in [-0.4, -0.2) is 18.6 Å². The molecule has 3 nitrogen and oxygen atoms in total. The summed E-state index contributed by atoms with van der Waals surface area (Å²) in [4.78, 5) is 11.8. The molecular formula is C14H20INO2. The molecule has 4 heteroatoms. The summed E-state index contributed by atoms with van der Waals surface area (Å²) >= 11 is 2.20. The Morgan fingerprint density at radius 2 is 2.00 bits per heavy atom. The third-order valence-electron chi connectivity index (χ3n) is 2.53. The minimum absolute atomic E-state index is 0.0599. The van der Waals surface area contributed by atoms with Crippen molar-refractivity contribution in [2.45, 2.75) is 33.3 Å². The van der Waals surface area contributed by atoms with Crippen LogP contribution >= 0.6 is 22.6 Å². The summed E-state index contributed by atoms with van der Waals surface area (Å²) in [6, 6.07) is 7.68. The zero-order valence-corrected chi connectivity index (χ0v) is 13.2. The van der Waals surface area contributed by atoms with Gasteiger partial charge in [-0.15, -0.1) is 0 Å². The number of amides is 1. The largest absolute Gasteiger partial charge is 0.480 e. The highest BCUT2D eigenvalue weighted by atomic mass is 127. The van der Waals surface area contributed by atoms with E-state index in [-0.39, 0.29) is 5.91 Å². The first kappa shape index (κ1) is 15.3. The minimum atomic E-state index is -0.465. The number of carbonyl (C=O) groups is 1. The van der Waals surface area contributed by atoms with Crippen molar-refractivity contribution in [3.8, 4) is 5.75 Å². The highest BCUT2D eigenvalue weighted by Crippen LogP contribution is 2.20. The number of nitrogens with one attached hydrogen (secondary N) is 1. The Kier molecular flexibility index (Phi) is 6.46. The van der Waals surface area contributed by atoms with E-state index in [0.717, 1.165) is 15.7 Å². The Morgan fingerprint density at radius 3 is 2.61 bits per heavy atom. The van der Waals surface area contributed by atoms with Crippen molar-refractivity contribution in [1.82, 2.24) is 5.32 Å². The Bertz CT molecular complexity index is 393. The molecule has 18 heavy (non-hydrogen) atoms. The van der Waals surface area contributed by atoms with Crippen molar-refractivity contribution in [3.63, 3.8) is 0 Å². The molecule has 1 amide bonds. The highest BCUT2D eigenvalue weighted by molar-refractivity contribution is 14.1. The molecule has 0 aliphatic heterocycles. The molecule has 0 fully saturated rings. The topological polar surface area (TPSA) is 38.3 Å². The van der Waals surface area contributed by atoms with E-state index < -0.39 is 6.10 Å². The van der Waals surface area contributed by atoms with Gasteiger partial charge in [-0.3, -0.25) is 4.79 Å². The van der Waals surface area contributed by atoms with Crippen LogP contribution in [0.4, 0.5) is 0 Å². The number of hydrogen-bond donors (Lipinski definition) is 1. The number of hydrogen-bond acceptors (Lipinski definition) is 2. The molecule has 0 aliphatic carbocycles. The summed E-state index contributed by atoms with van der Waals surface area (Å²) in [5.74, 6) is 1.29. The third-order valence-corrected chi connectivity index (χ3v) is 3.42. The van der Waals surface area contributed by atoms with Crippen LogP contribution in [0.15, 0.2) is 24.3 Å². The predicted molar refractivity (Wildman–Crippen MR) is 81.7 cm³/mol. The van der Waals surface area contributed by atoms with Crippen LogP contribution in [0.25, 0.3) is 0 Å². The maximum Gasteiger partial charge on any atom is 0.260 e. The summed E-state index contributed by atoms with van der Waals surface area (Å²) in [6.07, 6.45) is 0.523. The van der Waals surface area contributed by atoms with Crippen molar-refractivity contribution < 1.29 is 9.53 Å². The molecular weight excluding hydrogens is 341 g/mol. The number of carbonyl (C=O) groups excluding carboxylic acids is 1. The van der Waals surface area contributed by atoms with Gasteiger partial charge in [0.25, 0.3) is 5.91 Å². The molecule has 0 saturated carbocycles. The van der Waals surface area contributed by atoms with Crippen LogP contribution in [0.1, 0.15) is 27.2 Å². The second-order valence-corrected chi connectivity index (χ2v) is 5.83. The lowest BCUT2D eigenvalue weighted by molar-refractivity contribution is -0.127. The Labute approximate surface area is 122 Å². The number of para-hydroxylation sites is 1. The average molecular weight is 361 g/mol. The molecule has 0 aromatic heterocycles. The predicted octanol–water partition coefficient (Wildman–Crippen LogP) is 3.22. The Morgan fingerprint density at radius 1 is 1.33 bits per heavy atom. The van der Waals surface area contributed by atoms with Crippen LogP contribution in [0.2, 0.25) is 0 Å². The van der Waals surface area contributed by atoms with E-state index in [1.165, 1.54) is 0 Å². The number of rotatable bonds is 6. The Hall–Kier alpha value is -0.780. The molecule has 100 valence electrons. The lowest BCUT2D eigenvalue weighted by atomic mass is 10.1. The van der Waals surface area contributed by atoms with E-state index in [4.69, 9.17) is 4.74 Å². The van der Waals surface area contributed by atoms with Gasteiger partial charge in [0, 0.05) is 6.54 Å². The van der Waals surface area contributed by atoms with E-state index >= 15 is 0 Å². The minimum Gasteiger partial charge on any atom is -0.480 e. The van der Waals surface area contributed by atoms with Crippen LogP contribution in [0.3, 0.4) is 0 Å². The normalized spacial score (nSPS) is 12.3. The second kappa shape index (κ2) is 7.61. The van der Waals surface area contributed by atoms with E-state index in [0.29, 0.717) is 12.5 Å². The van der Waals surface area contributed by atoms with Gasteiger partial charge in [0.05, 0.1) is 3.57 Å². The monoisotopic (exact) mass is 361 g/mol. The first-order valence-electron chi connectivity index (χ1n) is 6.19. The maximum absolute atomic E-state index is 11.8. The lowest BCUT2D eigenvalue weighted by Gasteiger charge is -2.16. The molecule has 0 aliphatic rings. The molecule has 0 radical (unpaired) electrons. The molecule has 0 saturated heterocycles. The standard InChI is InChI=1S/C14H20INO2/c1-10(2)8-9-16-14(17)11(3)18-13-7-5-4-6-12(13)15/h4-7,10-11H,8-9H2,1-3H3,(H,16,17). The van der Waals surface area contributed by atoms with Crippen LogP contribution < -0.4 is 10.1 Å². The van der Waals surface area contributed by atoms with Gasteiger partial charge in [0.1, 0.15) is 5.75 Å². The molecule has 0 spiro atoms. The summed E-state index contributed by atoms with van der Waals surface area (Å²) in [6.45, 7) is 6.75. The van der Waals surface area contributed by atoms with Crippen molar-refractivity contribution in [3.05, 3.63) is 27.8 Å². The number of benzene rings is 1. The summed E-state index contributed by atoms with van der Waals surface area (Å²) in [5, 5.41) is 2.89. The zero-order chi connectivity index (χ0) is 13.5. The molecule has 1 aromatic carbocycles. The molecule has 1 atom stereocenters. The highest BCUT2D eigenvalue weighted by Gasteiger charge is 2.15. The fourth-order valence-corrected chi connectivity index (χ4v) is 1.93. The summed E-state index contributed by atoms with van der Waals surface area (Å²) in [7, 11) is 0. The Balaban J connectivity index is 2.43. The van der Waals surface area contributed by atoms with Gasteiger partial charge in [0.2, 0.25) is 0 Å². The van der Waals surface area contributed by atoms with E-state index in [1.807, 2.05) is 24.3 Å². The van der Waals surface area contributed by atoms with E-state index in [1.54, 1.807) is 6.92 Å². The molecule has 0 heterocycles. The van der Waals surface area contributed by atoms with Crippen molar-refractivity contribution in [1.29, 1.82) is 0 Å². The fourth-order valence-electron chi connectivity index (χ4n) is 1.41. The second-order valence-electron chi connectivity index (χ2n) is 4.66. The van der Waals surface area contributed by atoms with E-state index in [2.05, 4.69) is 41.8 Å². The molecule has 1 unspecified atom stereocenters.